The normalized spacial score (nSPS) is 24.8. The van der Waals surface area contributed by atoms with Crippen molar-refractivity contribution in [3.05, 3.63) is 54.3 Å². The SMILES string of the molecule is C1=CC2CC2C(Nc2ccccc2)=C1.CC. The van der Waals surface area contributed by atoms with Crippen LogP contribution in [0.3, 0.4) is 0 Å². The zero-order valence-electron chi connectivity index (χ0n) is 9.98. The maximum Gasteiger partial charge on any atom is 0.0381 e. The van der Waals surface area contributed by atoms with Gasteiger partial charge >= 0.3 is 0 Å². The van der Waals surface area contributed by atoms with Crippen LogP contribution in [-0.4, -0.2) is 0 Å². The maximum atomic E-state index is 3.48. The third-order valence-corrected chi connectivity index (χ3v) is 2.94. The second-order valence-electron chi connectivity index (χ2n) is 4.00. The molecule has 16 heavy (non-hydrogen) atoms. The van der Waals surface area contributed by atoms with Crippen molar-refractivity contribution in [1.29, 1.82) is 0 Å². The second kappa shape index (κ2) is 5.02. The minimum absolute atomic E-state index is 0.764. The van der Waals surface area contributed by atoms with Gasteiger partial charge < -0.3 is 5.32 Å². The van der Waals surface area contributed by atoms with Gasteiger partial charge in [0, 0.05) is 17.3 Å². The quantitative estimate of drug-likeness (QED) is 0.775. The third kappa shape index (κ3) is 2.35. The fourth-order valence-electron chi connectivity index (χ4n) is 2.03. The molecule has 1 N–H and O–H groups in total. The van der Waals surface area contributed by atoms with Crippen LogP contribution in [0.2, 0.25) is 0 Å². The van der Waals surface area contributed by atoms with E-state index >= 15 is 0 Å². The minimum atomic E-state index is 0.764. The van der Waals surface area contributed by atoms with Crippen molar-refractivity contribution in [1.82, 2.24) is 0 Å². The van der Waals surface area contributed by atoms with Gasteiger partial charge in [-0.1, -0.05) is 44.2 Å². The third-order valence-electron chi connectivity index (χ3n) is 2.94. The van der Waals surface area contributed by atoms with Crippen molar-refractivity contribution in [3.8, 4) is 0 Å². The fourth-order valence-corrected chi connectivity index (χ4v) is 2.03. The van der Waals surface area contributed by atoms with Gasteiger partial charge in [-0.15, -0.1) is 0 Å². The van der Waals surface area contributed by atoms with Crippen molar-refractivity contribution in [2.75, 3.05) is 5.32 Å². The van der Waals surface area contributed by atoms with Crippen LogP contribution in [0.4, 0.5) is 5.69 Å². The first-order chi connectivity index (χ1) is 7.93. The molecule has 0 radical (unpaired) electrons. The van der Waals surface area contributed by atoms with Gasteiger partial charge in [0.1, 0.15) is 0 Å². The summed E-state index contributed by atoms with van der Waals surface area (Å²) in [5.41, 5.74) is 2.57. The standard InChI is InChI=1S/C13H13N.C2H6/c1-2-6-11(7-3-1)14-13-8-4-5-10-9-12(10)13;1-2/h1-8,10,12,14H,9H2;1-2H3. The smallest absolute Gasteiger partial charge is 0.0381 e. The van der Waals surface area contributed by atoms with Crippen LogP contribution < -0.4 is 5.32 Å². The summed E-state index contributed by atoms with van der Waals surface area (Å²) in [7, 11) is 0. The highest BCUT2D eigenvalue weighted by Crippen LogP contribution is 2.47. The van der Waals surface area contributed by atoms with Crippen molar-refractivity contribution < 1.29 is 0 Å². The van der Waals surface area contributed by atoms with E-state index in [4.69, 9.17) is 0 Å². The predicted octanol–water partition coefficient (Wildman–Crippen LogP) is 4.21. The Labute approximate surface area is 97.9 Å². The van der Waals surface area contributed by atoms with Gasteiger partial charge in [0.15, 0.2) is 0 Å². The van der Waals surface area contributed by atoms with Crippen molar-refractivity contribution in [3.63, 3.8) is 0 Å². The predicted molar refractivity (Wildman–Crippen MR) is 70.2 cm³/mol. The van der Waals surface area contributed by atoms with Crippen molar-refractivity contribution in [2.24, 2.45) is 11.8 Å². The van der Waals surface area contributed by atoms with Gasteiger partial charge in [-0.25, -0.2) is 0 Å². The summed E-state index contributed by atoms with van der Waals surface area (Å²) in [6, 6.07) is 10.4. The highest BCUT2D eigenvalue weighted by molar-refractivity contribution is 5.51. The largest absolute Gasteiger partial charge is 0.359 e. The molecule has 0 bridgehead atoms. The monoisotopic (exact) mass is 213 g/mol. The summed E-state index contributed by atoms with van der Waals surface area (Å²) in [4.78, 5) is 0. The molecular weight excluding hydrogens is 194 g/mol. The zero-order chi connectivity index (χ0) is 11.4. The van der Waals surface area contributed by atoms with Crippen LogP contribution in [0, 0.1) is 11.8 Å². The Morgan fingerprint density at radius 3 is 2.62 bits per heavy atom. The molecule has 0 aliphatic heterocycles. The summed E-state index contributed by atoms with van der Waals surface area (Å²) in [6.45, 7) is 4.00. The first-order valence-corrected chi connectivity index (χ1v) is 6.14. The van der Waals surface area contributed by atoms with Crippen LogP contribution in [-0.2, 0) is 0 Å². The zero-order valence-corrected chi connectivity index (χ0v) is 9.98. The molecule has 0 spiro atoms. The highest BCUT2D eigenvalue weighted by atomic mass is 14.9. The molecular formula is C15H19N. The lowest BCUT2D eigenvalue weighted by Gasteiger charge is -2.11. The number of benzene rings is 1. The Balaban J connectivity index is 0.000000457. The number of allylic oxidation sites excluding steroid dienone is 4. The lowest BCUT2D eigenvalue weighted by Crippen LogP contribution is -2.03. The van der Waals surface area contributed by atoms with E-state index < -0.39 is 0 Å². The molecule has 84 valence electrons. The minimum Gasteiger partial charge on any atom is -0.359 e. The summed E-state index contributed by atoms with van der Waals surface area (Å²) < 4.78 is 0. The topological polar surface area (TPSA) is 12.0 Å². The molecule has 2 aliphatic carbocycles. The number of para-hydroxylation sites is 1. The van der Waals surface area contributed by atoms with E-state index in [0.717, 1.165) is 11.8 Å². The molecule has 0 amide bonds. The first kappa shape index (κ1) is 11.0. The van der Waals surface area contributed by atoms with Gasteiger partial charge in [0.05, 0.1) is 0 Å². The average molecular weight is 213 g/mol. The van der Waals surface area contributed by atoms with Gasteiger partial charge in [0.2, 0.25) is 0 Å². The van der Waals surface area contributed by atoms with Gasteiger partial charge in [-0.3, -0.25) is 0 Å². The van der Waals surface area contributed by atoms with Crippen LogP contribution >= 0.6 is 0 Å². The molecule has 0 heterocycles. The van der Waals surface area contributed by atoms with Gasteiger partial charge in [-0.2, -0.15) is 0 Å². The molecule has 1 nitrogen and oxygen atoms in total. The molecule has 0 saturated heterocycles. The highest BCUT2D eigenvalue weighted by Gasteiger charge is 2.39. The molecule has 1 saturated carbocycles. The molecule has 2 atom stereocenters. The summed E-state index contributed by atoms with van der Waals surface area (Å²) in [5, 5.41) is 3.48. The van der Waals surface area contributed by atoms with E-state index in [1.807, 2.05) is 19.9 Å². The number of hydrogen-bond acceptors (Lipinski definition) is 1. The first-order valence-electron chi connectivity index (χ1n) is 6.14. The van der Waals surface area contributed by atoms with E-state index in [1.165, 1.54) is 17.8 Å². The van der Waals surface area contributed by atoms with E-state index in [2.05, 4.69) is 47.8 Å². The Hall–Kier alpha value is -1.50. The van der Waals surface area contributed by atoms with Crippen LogP contribution in [0.1, 0.15) is 20.3 Å². The Kier molecular flexibility index (Phi) is 3.45. The molecule has 2 aliphatic rings. The molecule has 2 unspecified atom stereocenters. The van der Waals surface area contributed by atoms with Gasteiger partial charge in [0.25, 0.3) is 0 Å². The van der Waals surface area contributed by atoms with E-state index in [0.29, 0.717) is 0 Å². The summed E-state index contributed by atoms with van der Waals surface area (Å²) in [5.74, 6) is 1.58. The fraction of sp³-hybridized carbons (Fsp3) is 0.333. The maximum absolute atomic E-state index is 3.48. The molecule has 1 aromatic carbocycles. The van der Waals surface area contributed by atoms with E-state index in [9.17, 15) is 0 Å². The second-order valence-corrected chi connectivity index (χ2v) is 4.00. The lowest BCUT2D eigenvalue weighted by molar-refractivity contribution is 0.915. The van der Waals surface area contributed by atoms with Crippen molar-refractivity contribution in [2.45, 2.75) is 20.3 Å². The van der Waals surface area contributed by atoms with Gasteiger partial charge in [-0.05, 0) is 30.5 Å². The van der Waals surface area contributed by atoms with Crippen LogP contribution in [0.25, 0.3) is 0 Å². The average Bonchev–Trinajstić information content (AvgIpc) is 3.13. The van der Waals surface area contributed by atoms with Crippen molar-refractivity contribution >= 4 is 5.69 Å². The van der Waals surface area contributed by atoms with Crippen LogP contribution in [0.5, 0.6) is 0 Å². The molecule has 3 rings (SSSR count). The number of hydrogen-bond donors (Lipinski definition) is 1. The Bertz CT molecular complexity index is 389. The van der Waals surface area contributed by atoms with E-state index in [-0.39, 0.29) is 0 Å². The molecule has 1 fully saturated rings. The number of anilines is 1. The molecule has 1 aromatic rings. The number of rotatable bonds is 2. The summed E-state index contributed by atoms with van der Waals surface area (Å²) in [6.07, 6.45) is 7.99. The number of fused-ring (bicyclic) bond motifs is 1. The number of nitrogens with one attached hydrogen (secondary N) is 1. The lowest BCUT2D eigenvalue weighted by atomic mass is 10.1. The van der Waals surface area contributed by atoms with E-state index in [1.54, 1.807) is 0 Å². The molecule has 1 heteroatoms. The Morgan fingerprint density at radius 1 is 1.12 bits per heavy atom. The molecule has 0 aromatic heterocycles. The summed E-state index contributed by atoms with van der Waals surface area (Å²) >= 11 is 0. The Morgan fingerprint density at radius 2 is 1.88 bits per heavy atom. The van der Waals surface area contributed by atoms with Crippen LogP contribution in [0.15, 0.2) is 54.3 Å².